The Morgan fingerprint density at radius 2 is 1.85 bits per heavy atom. The van der Waals surface area contributed by atoms with Crippen molar-refractivity contribution in [1.29, 1.82) is 0 Å². The van der Waals surface area contributed by atoms with Gasteiger partial charge in [0, 0.05) is 25.3 Å². The number of ether oxygens (including phenoxy) is 3. The van der Waals surface area contributed by atoms with E-state index < -0.39 is 0 Å². The lowest BCUT2D eigenvalue weighted by Crippen LogP contribution is -2.35. The molecule has 0 radical (unpaired) electrons. The largest absolute Gasteiger partial charge is 0.493 e. The molecule has 0 bridgehead atoms. The number of amides is 1. The van der Waals surface area contributed by atoms with Gasteiger partial charge in [0.1, 0.15) is 0 Å². The van der Waals surface area contributed by atoms with Gasteiger partial charge in [0.15, 0.2) is 18.1 Å². The average Bonchev–Trinajstić information content (AvgIpc) is 2.69. The molecule has 1 aliphatic heterocycles. The maximum absolute atomic E-state index is 12.2. The number of nitrogens with zero attached hydrogens (tertiary/aromatic N) is 1. The molecule has 1 N–H and O–H groups in total. The minimum atomic E-state index is -0.210. The van der Waals surface area contributed by atoms with Gasteiger partial charge in [-0.05, 0) is 42.3 Å². The highest BCUT2D eigenvalue weighted by Gasteiger charge is 2.11. The molecule has 1 amide bonds. The number of hydrogen-bond acceptors (Lipinski definition) is 5. The maximum atomic E-state index is 12.2. The van der Waals surface area contributed by atoms with Gasteiger partial charge in [-0.1, -0.05) is 18.2 Å². The van der Waals surface area contributed by atoms with Crippen molar-refractivity contribution >= 4 is 11.6 Å². The predicted octanol–water partition coefficient (Wildman–Crippen LogP) is 2.85. The highest BCUT2D eigenvalue weighted by atomic mass is 16.5. The van der Waals surface area contributed by atoms with Crippen LogP contribution in [0.5, 0.6) is 11.5 Å². The summed E-state index contributed by atoms with van der Waals surface area (Å²) in [7, 11) is 1.58. The van der Waals surface area contributed by atoms with E-state index in [-0.39, 0.29) is 12.5 Å². The van der Waals surface area contributed by atoms with Gasteiger partial charge in [0.05, 0.1) is 20.3 Å². The van der Waals surface area contributed by atoms with Crippen molar-refractivity contribution in [2.45, 2.75) is 13.5 Å². The predicted molar refractivity (Wildman–Crippen MR) is 104 cm³/mol. The Bertz CT molecular complexity index is 755. The molecule has 2 aromatic rings. The maximum Gasteiger partial charge on any atom is 0.262 e. The Balaban J connectivity index is 1.49. The molecule has 1 aliphatic rings. The highest BCUT2D eigenvalue weighted by molar-refractivity contribution is 5.91. The topological polar surface area (TPSA) is 60.0 Å². The monoisotopic (exact) mass is 370 g/mol. The molecular weight excluding hydrogens is 344 g/mol. The summed E-state index contributed by atoms with van der Waals surface area (Å²) in [5.74, 6) is 0.966. The van der Waals surface area contributed by atoms with Crippen LogP contribution in [0.1, 0.15) is 11.1 Å². The molecule has 0 atom stereocenters. The average molecular weight is 370 g/mol. The molecule has 144 valence electrons. The molecule has 6 heteroatoms. The molecule has 0 unspecified atom stereocenters. The van der Waals surface area contributed by atoms with E-state index in [0.29, 0.717) is 11.5 Å². The number of carbonyl (C=O) groups is 1. The first-order chi connectivity index (χ1) is 13.1. The number of morpholine rings is 1. The lowest BCUT2D eigenvalue weighted by molar-refractivity contribution is -0.118. The number of benzene rings is 2. The van der Waals surface area contributed by atoms with Gasteiger partial charge in [-0.3, -0.25) is 9.69 Å². The second-order valence-electron chi connectivity index (χ2n) is 6.58. The van der Waals surface area contributed by atoms with Crippen molar-refractivity contribution in [3.63, 3.8) is 0 Å². The Hall–Kier alpha value is -2.57. The Morgan fingerprint density at radius 3 is 2.56 bits per heavy atom. The molecule has 1 saturated heterocycles. The SMILES string of the molecule is COc1cc(C)ccc1OCC(=O)Nc1ccc(CN2CCOCC2)cc1. The minimum absolute atomic E-state index is 0.0745. The van der Waals surface area contributed by atoms with E-state index in [1.165, 1.54) is 5.56 Å². The molecule has 0 spiro atoms. The number of aryl methyl sites for hydroxylation is 1. The summed E-state index contributed by atoms with van der Waals surface area (Å²) in [6, 6.07) is 13.5. The molecule has 27 heavy (non-hydrogen) atoms. The van der Waals surface area contributed by atoms with Crippen LogP contribution in [-0.4, -0.2) is 50.8 Å². The van der Waals surface area contributed by atoms with E-state index >= 15 is 0 Å². The molecule has 1 heterocycles. The lowest BCUT2D eigenvalue weighted by Gasteiger charge is -2.26. The summed E-state index contributed by atoms with van der Waals surface area (Å²) in [4.78, 5) is 14.5. The summed E-state index contributed by atoms with van der Waals surface area (Å²) < 4.78 is 16.2. The normalized spacial score (nSPS) is 14.6. The summed E-state index contributed by atoms with van der Waals surface area (Å²) in [5, 5.41) is 2.85. The van der Waals surface area contributed by atoms with Crippen LogP contribution < -0.4 is 14.8 Å². The molecular formula is C21H26N2O4. The van der Waals surface area contributed by atoms with Crippen molar-refractivity contribution in [1.82, 2.24) is 4.90 Å². The zero-order chi connectivity index (χ0) is 19.1. The third-order valence-corrected chi connectivity index (χ3v) is 4.43. The van der Waals surface area contributed by atoms with Crippen LogP contribution in [0.3, 0.4) is 0 Å². The summed E-state index contributed by atoms with van der Waals surface area (Å²) in [5.41, 5.74) is 3.04. The molecule has 0 aromatic heterocycles. The quantitative estimate of drug-likeness (QED) is 0.812. The van der Waals surface area contributed by atoms with E-state index in [0.717, 1.165) is 44.1 Å². The summed E-state index contributed by atoms with van der Waals surface area (Å²) >= 11 is 0. The Morgan fingerprint density at radius 1 is 1.11 bits per heavy atom. The minimum Gasteiger partial charge on any atom is -0.493 e. The first-order valence-electron chi connectivity index (χ1n) is 9.10. The molecule has 1 fully saturated rings. The third-order valence-electron chi connectivity index (χ3n) is 4.43. The van der Waals surface area contributed by atoms with E-state index in [4.69, 9.17) is 14.2 Å². The van der Waals surface area contributed by atoms with Crippen LogP contribution in [0.15, 0.2) is 42.5 Å². The van der Waals surface area contributed by atoms with Gasteiger partial charge in [-0.2, -0.15) is 0 Å². The first-order valence-corrected chi connectivity index (χ1v) is 9.10. The van der Waals surface area contributed by atoms with Gasteiger partial charge in [-0.15, -0.1) is 0 Å². The zero-order valence-corrected chi connectivity index (χ0v) is 15.9. The second-order valence-corrected chi connectivity index (χ2v) is 6.58. The van der Waals surface area contributed by atoms with Gasteiger partial charge in [0.2, 0.25) is 0 Å². The fraction of sp³-hybridized carbons (Fsp3) is 0.381. The van der Waals surface area contributed by atoms with Crippen molar-refractivity contribution in [3.8, 4) is 11.5 Å². The van der Waals surface area contributed by atoms with Crippen LogP contribution in [-0.2, 0) is 16.1 Å². The highest BCUT2D eigenvalue weighted by Crippen LogP contribution is 2.27. The van der Waals surface area contributed by atoms with Crippen molar-refractivity contribution < 1.29 is 19.0 Å². The molecule has 2 aromatic carbocycles. The number of hydrogen-bond donors (Lipinski definition) is 1. The Kier molecular flexibility index (Phi) is 6.68. The fourth-order valence-electron chi connectivity index (χ4n) is 2.95. The molecule has 3 rings (SSSR count). The van der Waals surface area contributed by atoms with Crippen molar-refractivity contribution in [2.75, 3.05) is 45.3 Å². The molecule has 6 nitrogen and oxygen atoms in total. The number of anilines is 1. The lowest BCUT2D eigenvalue weighted by atomic mass is 10.2. The summed E-state index contributed by atoms with van der Waals surface area (Å²) in [6.07, 6.45) is 0. The number of nitrogens with one attached hydrogen (secondary N) is 1. The van der Waals surface area contributed by atoms with E-state index in [9.17, 15) is 4.79 Å². The third kappa shape index (κ3) is 5.70. The first kappa shape index (κ1) is 19.2. The van der Waals surface area contributed by atoms with Crippen LogP contribution in [0.2, 0.25) is 0 Å². The van der Waals surface area contributed by atoms with E-state index in [1.807, 2.05) is 49.4 Å². The van der Waals surface area contributed by atoms with Gasteiger partial charge in [-0.25, -0.2) is 0 Å². The number of methoxy groups -OCH3 is 1. The van der Waals surface area contributed by atoms with Crippen LogP contribution >= 0.6 is 0 Å². The Labute approximate surface area is 160 Å². The van der Waals surface area contributed by atoms with Crippen molar-refractivity contribution in [3.05, 3.63) is 53.6 Å². The zero-order valence-electron chi connectivity index (χ0n) is 15.9. The number of carbonyl (C=O) groups excluding carboxylic acids is 1. The van der Waals surface area contributed by atoms with Crippen LogP contribution in [0.4, 0.5) is 5.69 Å². The van der Waals surface area contributed by atoms with E-state index in [1.54, 1.807) is 7.11 Å². The van der Waals surface area contributed by atoms with Gasteiger partial charge >= 0.3 is 0 Å². The van der Waals surface area contributed by atoms with E-state index in [2.05, 4.69) is 10.2 Å². The fourth-order valence-corrected chi connectivity index (χ4v) is 2.95. The second kappa shape index (κ2) is 9.39. The van der Waals surface area contributed by atoms with Gasteiger partial charge in [0.25, 0.3) is 5.91 Å². The van der Waals surface area contributed by atoms with Gasteiger partial charge < -0.3 is 19.5 Å². The molecule has 0 aliphatic carbocycles. The van der Waals surface area contributed by atoms with Crippen LogP contribution in [0, 0.1) is 6.92 Å². The number of rotatable bonds is 7. The standard InChI is InChI=1S/C21H26N2O4/c1-16-3-8-19(20(13-16)25-2)27-15-21(24)22-18-6-4-17(5-7-18)14-23-9-11-26-12-10-23/h3-8,13H,9-12,14-15H2,1-2H3,(H,22,24). The smallest absolute Gasteiger partial charge is 0.262 e. The van der Waals surface area contributed by atoms with Crippen molar-refractivity contribution in [2.24, 2.45) is 0 Å². The summed E-state index contributed by atoms with van der Waals surface area (Å²) in [6.45, 7) is 6.29. The molecule has 0 saturated carbocycles. The van der Waals surface area contributed by atoms with Crippen LogP contribution in [0.25, 0.3) is 0 Å².